The number of nitrogens with zero attached hydrogens (tertiary/aromatic N) is 3. The summed E-state index contributed by atoms with van der Waals surface area (Å²) < 4.78 is 29.7. The van der Waals surface area contributed by atoms with E-state index in [0.29, 0.717) is 5.56 Å². The van der Waals surface area contributed by atoms with Crippen LogP contribution in [0.15, 0.2) is 82.8 Å². The van der Waals surface area contributed by atoms with Gasteiger partial charge in [-0.05, 0) is 72.8 Å². The molecule has 0 fully saturated rings. The van der Waals surface area contributed by atoms with Gasteiger partial charge in [-0.2, -0.15) is 15.2 Å². The van der Waals surface area contributed by atoms with Crippen LogP contribution in [0, 0.1) is 11.3 Å². The lowest BCUT2D eigenvalue weighted by Gasteiger charge is -2.18. The molecule has 17 heteroatoms. The number of hydrogen-bond donors (Lipinski definition) is 0. The van der Waals surface area contributed by atoms with E-state index in [-0.39, 0.29) is 28.1 Å². The molecule has 0 aliphatic carbocycles. The van der Waals surface area contributed by atoms with Gasteiger partial charge in [-0.3, -0.25) is 0 Å². The second-order valence-corrected chi connectivity index (χ2v) is 9.40. The number of rotatable bonds is 16. The molecule has 0 saturated carbocycles. The SMILES string of the molecule is N#Cc1ccc(C(=O)OCC(=O)OCC(COC(=O)COC(=O)c2ccc(N=C=O)cc2)OC(=O)COC(=O)c2ccc(N=C=O)cc2)cc1. The van der Waals surface area contributed by atoms with Crippen LogP contribution in [0.5, 0.6) is 0 Å². The summed E-state index contributed by atoms with van der Waals surface area (Å²) in [7, 11) is 0. The summed E-state index contributed by atoms with van der Waals surface area (Å²) in [4.78, 5) is 101. The fraction of sp³-hybridized carbons (Fsp3) is 0.182. The number of benzene rings is 3. The van der Waals surface area contributed by atoms with E-state index in [1.807, 2.05) is 6.07 Å². The minimum Gasteiger partial charge on any atom is -0.459 e. The van der Waals surface area contributed by atoms with Crippen LogP contribution in [0.2, 0.25) is 0 Å². The van der Waals surface area contributed by atoms with Crippen LogP contribution < -0.4 is 0 Å². The number of carbonyl (C=O) groups excluding carboxylic acids is 8. The molecular weight excluding hydrogens is 662 g/mol. The maximum absolute atomic E-state index is 12.4. The molecule has 0 aliphatic heterocycles. The molecule has 254 valence electrons. The molecule has 0 amide bonds. The zero-order valence-electron chi connectivity index (χ0n) is 25.6. The van der Waals surface area contributed by atoms with Gasteiger partial charge < -0.3 is 28.4 Å². The minimum atomic E-state index is -1.47. The van der Waals surface area contributed by atoms with Gasteiger partial charge in [0.25, 0.3) is 0 Å². The molecule has 17 nitrogen and oxygen atoms in total. The van der Waals surface area contributed by atoms with Crippen molar-refractivity contribution in [2.75, 3.05) is 33.0 Å². The number of isocyanates is 2. The van der Waals surface area contributed by atoms with Gasteiger partial charge in [0.15, 0.2) is 25.9 Å². The summed E-state index contributed by atoms with van der Waals surface area (Å²) >= 11 is 0. The lowest BCUT2D eigenvalue weighted by Crippen LogP contribution is -2.33. The first kappa shape index (κ1) is 37.2. The lowest BCUT2D eigenvalue weighted by molar-refractivity contribution is -0.170. The highest BCUT2D eigenvalue weighted by Gasteiger charge is 2.22. The van der Waals surface area contributed by atoms with Gasteiger partial charge in [-0.1, -0.05) is 0 Å². The van der Waals surface area contributed by atoms with E-state index in [0.717, 1.165) is 0 Å². The Morgan fingerprint density at radius 3 is 1.26 bits per heavy atom. The maximum atomic E-state index is 12.4. The largest absolute Gasteiger partial charge is 0.459 e. The standard InChI is InChI=1S/C33H23N3O14/c34-13-21-1-3-22(4-2-21)31(42)47-16-28(39)45-14-27(50-30(41)18-49-33(44)24-7-11-26(12-8-24)36-20-38)15-46-29(40)17-48-32(43)23-5-9-25(10-6-23)35-19-37/h1-12,27H,14-18H2. The smallest absolute Gasteiger partial charge is 0.344 e. The highest BCUT2D eigenvalue weighted by molar-refractivity contribution is 5.92. The summed E-state index contributed by atoms with van der Waals surface area (Å²) in [5, 5.41) is 8.86. The highest BCUT2D eigenvalue weighted by atomic mass is 16.6. The summed E-state index contributed by atoms with van der Waals surface area (Å²) in [5.74, 6) is -6.04. The summed E-state index contributed by atoms with van der Waals surface area (Å²) in [6.07, 6.45) is 1.22. The number of ether oxygens (including phenoxy) is 6. The molecule has 1 atom stereocenters. The molecule has 0 spiro atoms. The number of aliphatic imine (C=N–C) groups is 2. The monoisotopic (exact) mass is 685 g/mol. The molecule has 3 rings (SSSR count). The van der Waals surface area contributed by atoms with Gasteiger partial charge in [-0.25, -0.2) is 38.4 Å². The Bertz CT molecular complexity index is 1850. The minimum absolute atomic E-state index is 0.0116. The van der Waals surface area contributed by atoms with Crippen molar-refractivity contribution in [2.24, 2.45) is 9.98 Å². The van der Waals surface area contributed by atoms with Crippen molar-refractivity contribution < 1.29 is 66.8 Å². The molecule has 1 unspecified atom stereocenters. The first-order valence-electron chi connectivity index (χ1n) is 14.0. The van der Waals surface area contributed by atoms with Gasteiger partial charge in [0.2, 0.25) is 12.2 Å². The van der Waals surface area contributed by atoms with Gasteiger partial charge in [-0.15, -0.1) is 0 Å². The predicted molar refractivity (Wildman–Crippen MR) is 162 cm³/mol. The van der Waals surface area contributed by atoms with Crippen molar-refractivity contribution in [1.29, 1.82) is 5.26 Å². The van der Waals surface area contributed by atoms with Crippen molar-refractivity contribution in [2.45, 2.75) is 6.10 Å². The number of carbonyl (C=O) groups is 6. The Morgan fingerprint density at radius 1 is 0.540 bits per heavy atom. The molecule has 0 N–H and O–H groups in total. The average Bonchev–Trinajstić information content (AvgIpc) is 3.13. The van der Waals surface area contributed by atoms with Gasteiger partial charge in [0.1, 0.15) is 13.2 Å². The average molecular weight is 686 g/mol. The molecule has 0 radical (unpaired) electrons. The fourth-order valence-electron chi connectivity index (χ4n) is 3.54. The van der Waals surface area contributed by atoms with Crippen molar-refractivity contribution in [1.82, 2.24) is 0 Å². The van der Waals surface area contributed by atoms with Crippen LogP contribution in [-0.2, 0) is 52.4 Å². The van der Waals surface area contributed by atoms with Gasteiger partial charge in [0, 0.05) is 0 Å². The third-order valence-electron chi connectivity index (χ3n) is 5.93. The first-order valence-corrected chi connectivity index (χ1v) is 14.0. The van der Waals surface area contributed by atoms with Gasteiger partial charge >= 0.3 is 35.8 Å². The van der Waals surface area contributed by atoms with E-state index in [2.05, 4.69) is 9.98 Å². The second kappa shape index (κ2) is 19.4. The van der Waals surface area contributed by atoms with Crippen molar-refractivity contribution in [3.05, 3.63) is 95.1 Å². The van der Waals surface area contributed by atoms with E-state index in [9.17, 15) is 38.4 Å². The van der Waals surface area contributed by atoms with Crippen molar-refractivity contribution in [3.63, 3.8) is 0 Å². The summed E-state index contributed by atoms with van der Waals surface area (Å²) in [5.41, 5.74) is 0.851. The molecule has 3 aromatic rings. The van der Waals surface area contributed by atoms with Crippen LogP contribution in [0.25, 0.3) is 0 Å². The molecular formula is C33H23N3O14. The third-order valence-corrected chi connectivity index (χ3v) is 5.93. The van der Waals surface area contributed by atoms with Gasteiger partial charge in [0.05, 0.1) is 39.7 Å². The van der Waals surface area contributed by atoms with E-state index < -0.39 is 75.0 Å². The Hall–Kier alpha value is -7.27. The van der Waals surface area contributed by atoms with Crippen molar-refractivity contribution in [3.8, 4) is 6.07 Å². The number of nitriles is 1. The van der Waals surface area contributed by atoms with Crippen LogP contribution in [0.1, 0.15) is 36.6 Å². The molecule has 3 aromatic carbocycles. The Kier molecular flexibility index (Phi) is 14.4. The van der Waals surface area contributed by atoms with Crippen LogP contribution in [0.4, 0.5) is 11.4 Å². The molecule has 0 heterocycles. The summed E-state index contributed by atoms with van der Waals surface area (Å²) in [6, 6.07) is 17.8. The molecule has 0 aliphatic rings. The molecule has 0 aromatic heterocycles. The fourth-order valence-corrected chi connectivity index (χ4v) is 3.54. The molecule has 0 bridgehead atoms. The zero-order valence-corrected chi connectivity index (χ0v) is 25.6. The van der Waals surface area contributed by atoms with E-state index >= 15 is 0 Å². The second-order valence-electron chi connectivity index (χ2n) is 9.40. The Morgan fingerprint density at radius 2 is 0.900 bits per heavy atom. The zero-order chi connectivity index (χ0) is 36.3. The normalized spacial score (nSPS) is 10.4. The van der Waals surface area contributed by atoms with E-state index in [1.54, 1.807) is 0 Å². The lowest BCUT2D eigenvalue weighted by atomic mass is 10.1. The Balaban J connectivity index is 1.54. The Labute approximate surface area is 281 Å². The topological polar surface area (TPSA) is 240 Å². The van der Waals surface area contributed by atoms with Crippen molar-refractivity contribution >= 4 is 59.4 Å². The van der Waals surface area contributed by atoms with Crippen LogP contribution >= 0.6 is 0 Å². The first-order chi connectivity index (χ1) is 24.1. The molecule has 50 heavy (non-hydrogen) atoms. The van der Waals surface area contributed by atoms with E-state index in [1.165, 1.54) is 85.0 Å². The van der Waals surface area contributed by atoms with E-state index in [4.69, 9.17) is 33.7 Å². The quantitative estimate of drug-likeness (QED) is 0.0910. The molecule has 0 saturated heterocycles. The highest BCUT2D eigenvalue weighted by Crippen LogP contribution is 2.14. The van der Waals surface area contributed by atoms with Crippen LogP contribution in [0.3, 0.4) is 0 Å². The maximum Gasteiger partial charge on any atom is 0.344 e. The predicted octanol–water partition coefficient (Wildman–Crippen LogP) is 2.36. The van der Waals surface area contributed by atoms with Crippen LogP contribution in [-0.4, -0.2) is 87.1 Å². The number of esters is 6. The summed E-state index contributed by atoms with van der Waals surface area (Å²) in [6.45, 7) is -4.07. The third kappa shape index (κ3) is 12.5. The number of hydrogen-bond acceptors (Lipinski definition) is 17.